The second kappa shape index (κ2) is 13.3. The third kappa shape index (κ3) is 12.3. The Labute approximate surface area is 126 Å². The van der Waals surface area contributed by atoms with Gasteiger partial charge in [0.25, 0.3) is 0 Å². The molecule has 0 bridgehead atoms. The number of carboxylic acid groups (broad SMARTS) is 1. The number of hydrogen-bond donors (Lipinski definition) is 1. The van der Waals surface area contributed by atoms with E-state index in [2.05, 4.69) is 6.92 Å². The average Bonchev–Trinajstić information content (AvgIpc) is 2.41. The van der Waals surface area contributed by atoms with Crippen LogP contribution in [-0.2, 0) is 14.3 Å². The third-order valence-electron chi connectivity index (χ3n) is 2.94. The molecule has 4 nitrogen and oxygen atoms in total. The predicted octanol–water partition coefficient (Wildman–Crippen LogP) is 3.73. The van der Waals surface area contributed by atoms with Crippen LogP contribution < -0.4 is 0 Å². The molecule has 0 aliphatic rings. The van der Waals surface area contributed by atoms with E-state index in [0.29, 0.717) is 13.0 Å². The second-order valence-corrected chi connectivity index (χ2v) is 6.20. The van der Waals surface area contributed by atoms with Gasteiger partial charge in [-0.25, -0.2) is 0 Å². The number of aliphatic carboxylic acids is 1. The molecule has 0 spiro atoms. The summed E-state index contributed by atoms with van der Waals surface area (Å²) in [6.45, 7) is 4.53. The van der Waals surface area contributed by atoms with Crippen molar-refractivity contribution in [3.63, 3.8) is 0 Å². The lowest BCUT2D eigenvalue weighted by atomic mass is 10.1. The van der Waals surface area contributed by atoms with Gasteiger partial charge in [0.2, 0.25) is 0 Å². The van der Waals surface area contributed by atoms with Crippen LogP contribution in [0.5, 0.6) is 0 Å². The molecule has 0 rings (SSSR count). The highest BCUT2D eigenvalue weighted by Crippen LogP contribution is 2.12. The standard InChI is InChI=1S/C15H28O4S/c1-3-4-11-20-12-13(2)15(18)19-10-8-6-5-7-9-14(16)17/h13H,3-12H2,1-2H3,(H,16,17). The first kappa shape index (κ1) is 19.3. The van der Waals surface area contributed by atoms with Crippen molar-refractivity contribution in [2.75, 3.05) is 18.1 Å². The fourth-order valence-electron chi connectivity index (χ4n) is 1.62. The van der Waals surface area contributed by atoms with Crippen LogP contribution in [0.15, 0.2) is 0 Å². The molecule has 0 aliphatic carbocycles. The van der Waals surface area contributed by atoms with Crippen molar-refractivity contribution in [1.29, 1.82) is 0 Å². The van der Waals surface area contributed by atoms with Gasteiger partial charge in [0.1, 0.15) is 0 Å². The minimum Gasteiger partial charge on any atom is -0.481 e. The minimum atomic E-state index is -0.745. The fourth-order valence-corrected chi connectivity index (χ4v) is 2.77. The van der Waals surface area contributed by atoms with Crippen molar-refractivity contribution < 1.29 is 19.4 Å². The van der Waals surface area contributed by atoms with Gasteiger partial charge >= 0.3 is 11.9 Å². The molecular formula is C15H28O4S. The first-order chi connectivity index (χ1) is 9.57. The Bertz CT molecular complexity index is 269. The summed E-state index contributed by atoms with van der Waals surface area (Å²) in [6, 6.07) is 0. The van der Waals surface area contributed by atoms with Crippen molar-refractivity contribution in [3.05, 3.63) is 0 Å². The van der Waals surface area contributed by atoms with E-state index in [-0.39, 0.29) is 18.3 Å². The summed E-state index contributed by atoms with van der Waals surface area (Å²) in [5, 5.41) is 8.48. The monoisotopic (exact) mass is 304 g/mol. The molecule has 0 heterocycles. The zero-order valence-electron chi connectivity index (χ0n) is 12.7. The van der Waals surface area contributed by atoms with Crippen LogP contribution in [0.2, 0.25) is 0 Å². The number of hydrogen-bond acceptors (Lipinski definition) is 4. The predicted molar refractivity (Wildman–Crippen MR) is 83.1 cm³/mol. The van der Waals surface area contributed by atoms with E-state index in [1.165, 1.54) is 12.8 Å². The highest BCUT2D eigenvalue weighted by atomic mass is 32.2. The SMILES string of the molecule is CCCCSCC(C)C(=O)OCCCCCCC(=O)O. The Morgan fingerprint density at radius 3 is 2.50 bits per heavy atom. The Morgan fingerprint density at radius 1 is 1.15 bits per heavy atom. The van der Waals surface area contributed by atoms with Gasteiger partial charge in [0, 0.05) is 12.2 Å². The van der Waals surface area contributed by atoms with E-state index >= 15 is 0 Å². The van der Waals surface area contributed by atoms with Crippen LogP contribution in [-0.4, -0.2) is 35.2 Å². The van der Waals surface area contributed by atoms with Crippen LogP contribution in [0.25, 0.3) is 0 Å². The fraction of sp³-hybridized carbons (Fsp3) is 0.867. The molecule has 0 saturated carbocycles. The number of ether oxygens (including phenoxy) is 1. The van der Waals surface area contributed by atoms with E-state index in [9.17, 15) is 9.59 Å². The Hall–Kier alpha value is -0.710. The number of unbranched alkanes of at least 4 members (excludes halogenated alkanes) is 4. The number of carboxylic acids is 1. The van der Waals surface area contributed by atoms with Crippen LogP contribution in [0.3, 0.4) is 0 Å². The zero-order chi connectivity index (χ0) is 15.2. The normalized spacial score (nSPS) is 12.1. The lowest BCUT2D eigenvalue weighted by Crippen LogP contribution is -2.17. The largest absolute Gasteiger partial charge is 0.481 e. The molecule has 1 unspecified atom stereocenters. The average molecular weight is 304 g/mol. The van der Waals surface area contributed by atoms with Gasteiger partial charge in [-0.3, -0.25) is 9.59 Å². The summed E-state index contributed by atoms with van der Waals surface area (Å²) in [4.78, 5) is 22.0. The van der Waals surface area contributed by atoms with E-state index in [1.54, 1.807) is 0 Å². The summed E-state index contributed by atoms with van der Waals surface area (Å²) < 4.78 is 5.22. The molecule has 1 N–H and O–H groups in total. The molecule has 0 amide bonds. The molecule has 118 valence electrons. The van der Waals surface area contributed by atoms with Gasteiger partial charge in [-0.1, -0.05) is 33.1 Å². The number of carbonyl (C=O) groups excluding carboxylic acids is 1. The summed E-state index contributed by atoms with van der Waals surface area (Å²) >= 11 is 1.81. The van der Waals surface area contributed by atoms with E-state index in [1.807, 2.05) is 18.7 Å². The van der Waals surface area contributed by atoms with Gasteiger partial charge in [0.15, 0.2) is 0 Å². The van der Waals surface area contributed by atoms with Crippen molar-refractivity contribution >= 4 is 23.7 Å². The van der Waals surface area contributed by atoms with Crippen molar-refractivity contribution in [2.24, 2.45) is 5.92 Å². The zero-order valence-corrected chi connectivity index (χ0v) is 13.5. The maximum absolute atomic E-state index is 11.7. The van der Waals surface area contributed by atoms with Crippen LogP contribution in [0, 0.1) is 5.92 Å². The van der Waals surface area contributed by atoms with E-state index in [4.69, 9.17) is 9.84 Å². The third-order valence-corrected chi connectivity index (χ3v) is 4.25. The molecule has 0 aliphatic heterocycles. The molecule has 0 aromatic rings. The van der Waals surface area contributed by atoms with Crippen molar-refractivity contribution in [1.82, 2.24) is 0 Å². The number of rotatable bonds is 13. The lowest BCUT2D eigenvalue weighted by molar-refractivity contribution is -0.147. The summed E-state index contributed by atoms with van der Waals surface area (Å²) in [7, 11) is 0. The van der Waals surface area contributed by atoms with E-state index < -0.39 is 5.97 Å². The molecule has 0 saturated heterocycles. The number of esters is 1. The highest BCUT2D eigenvalue weighted by Gasteiger charge is 2.13. The molecule has 0 radical (unpaired) electrons. The smallest absolute Gasteiger partial charge is 0.309 e. The van der Waals surface area contributed by atoms with Gasteiger partial charge in [-0.15, -0.1) is 0 Å². The van der Waals surface area contributed by atoms with Crippen molar-refractivity contribution in [3.8, 4) is 0 Å². The Morgan fingerprint density at radius 2 is 1.85 bits per heavy atom. The molecule has 20 heavy (non-hydrogen) atoms. The second-order valence-electron chi connectivity index (χ2n) is 5.05. The van der Waals surface area contributed by atoms with Gasteiger partial charge < -0.3 is 9.84 Å². The van der Waals surface area contributed by atoms with Gasteiger partial charge in [-0.2, -0.15) is 11.8 Å². The van der Waals surface area contributed by atoms with Crippen LogP contribution in [0.1, 0.15) is 58.8 Å². The first-order valence-electron chi connectivity index (χ1n) is 7.54. The Balaban J connectivity index is 3.40. The van der Waals surface area contributed by atoms with Gasteiger partial charge in [0.05, 0.1) is 12.5 Å². The highest BCUT2D eigenvalue weighted by molar-refractivity contribution is 7.99. The Kier molecular flexibility index (Phi) is 12.8. The summed E-state index contributed by atoms with van der Waals surface area (Å²) in [5.74, 6) is 1.05. The van der Waals surface area contributed by atoms with Crippen molar-refractivity contribution in [2.45, 2.75) is 58.8 Å². The molecule has 0 aromatic carbocycles. The maximum Gasteiger partial charge on any atom is 0.309 e. The lowest BCUT2D eigenvalue weighted by Gasteiger charge is -2.11. The topological polar surface area (TPSA) is 63.6 Å². The van der Waals surface area contributed by atoms with E-state index in [0.717, 1.165) is 30.8 Å². The minimum absolute atomic E-state index is 0.0381. The quantitative estimate of drug-likeness (QED) is 0.415. The first-order valence-corrected chi connectivity index (χ1v) is 8.69. The van der Waals surface area contributed by atoms with Crippen LogP contribution >= 0.6 is 11.8 Å². The summed E-state index contributed by atoms with van der Waals surface area (Å²) in [6.07, 6.45) is 5.93. The number of carbonyl (C=O) groups is 2. The van der Waals surface area contributed by atoms with Gasteiger partial charge in [-0.05, 0) is 25.0 Å². The molecule has 0 aromatic heterocycles. The molecule has 0 fully saturated rings. The number of thioether (sulfide) groups is 1. The molecule has 1 atom stereocenters. The maximum atomic E-state index is 11.7. The molecule has 5 heteroatoms. The summed E-state index contributed by atoms with van der Waals surface area (Å²) in [5.41, 5.74) is 0. The van der Waals surface area contributed by atoms with Crippen LogP contribution in [0.4, 0.5) is 0 Å². The molecular weight excluding hydrogens is 276 g/mol.